The van der Waals surface area contributed by atoms with Gasteiger partial charge in [0.05, 0.1) is 6.10 Å². The second kappa shape index (κ2) is 6.99. The molecule has 3 aromatic rings. The third-order valence-electron chi connectivity index (χ3n) is 4.28. The third kappa shape index (κ3) is 3.55. The van der Waals surface area contributed by atoms with Crippen LogP contribution in [0.15, 0.2) is 57.7 Å². The highest BCUT2D eigenvalue weighted by Crippen LogP contribution is 2.21. The summed E-state index contributed by atoms with van der Waals surface area (Å²) in [5, 5.41) is 14.4. The van der Waals surface area contributed by atoms with E-state index in [0.717, 1.165) is 27.6 Å². The van der Waals surface area contributed by atoms with Crippen molar-refractivity contribution >= 4 is 11.0 Å². The zero-order valence-electron chi connectivity index (χ0n) is 13.9. The van der Waals surface area contributed by atoms with Crippen LogP contribution in [0.2, 0.25) is 0 Å². The number of hydrogen-bond donors (Lipinski definition) is 2. The van der Waals surface area contributed by atoms with Gasteiger partial charge in [0, 0.05) is 24.5 Å². The van der Waals surface area contributed by atoms with E-state index in [9.17, 15) is 9.90 Å². The largest absolute Gasteiger partial charge is 0.423 e. The molecule has 0 aliphatic heterocycles. The summed E-state index contributed by atoms with van der Waals surface area (Å²) in [5.74, 6) is 0. The van der Waals surface area contributed by atoms with E-state index in [1.54, 1.807) is 0 Å². The highest BCUT2D eigenvalue weighted by Gasteiger charge is 2.10. The summed E-state index contributed by atoms with van der Waals surface area (Å²) in [6, 6.07) is 15.0. The van der Waals surface area contributed by atoms with Crippen molar-refractivity contribution < 1.29 is 9.52 Å². The summed E-state index contributed by atoms with van der Waals surface area (Å²) in [6.07, 6.45) is -0.582. The zero-order chi connectivity index (χ0) is 17.1. The van der Waals surface area contributed by atoms with Crippen molar-refractivity contribution in [2.45, 2.75) is 26.5 Å². The number of aliphatic hydroxyl groups excluding tert-OH is 1. The second-order valence-electron chi connectivity index (χ2n) is 6.08. The predicted octanol–water partition coefficient (Wildman–Crippen LogP) is 3.23. The average Bonchev–Trinajstić information content (AvgIpc) is 2.57. The van der Waals surface area contributed by atoms with Gasteiger partial charge in [0.25, 0.3) is 0 Å². The lowest BCUT2D eigenvalue weighted by atomic mass is 10.0. The van der Waals surface area contributed by atoms with Gasteiger partial charge in [-0.1, -0.05) is 30.3 Å². The molecule has 0 radical (unpaired) electrons. The van der Waals surface area contributed by atoms with Gasteiger partial charge >= 0.3 is 5.63 Å². The number of aryl methyl sites for hydroxylation is 2. The van der Waals surface area contributed by atoms with Crippen LogP contribution in [0.4, 0.5) is 0 Å². The molecule has 4 nitrogen and oxygen atoms in total. The minimum Gasteiger partial charge on any atom is -0.423 e. The molecule has 0 spiro atoms. The fourth-order valence-corrected chi connectivity index (χ4v) is 2.77. The maximum absolute atomic E-state index is 11.8. The molecule has 1 atom stereocenters. The van der Waals surface area contributed by atoms with Gasteiger partial charge in [-0.25, -0.2) is 4.79 Å². The maximum atomic E-state index is 11.8. The van der Waals surface area contributed by atoms with Crippen LogP contribution in [0.1, 0.15) is 28.4 Å². The summed E-state index contributed by atoms with van der Waals surface area (Å²) in [6.45, 7) is 4.94. The molecule has 0 saturated carbocycles. The lowest BCUT2D eigenvalue weighted by molar-refractivity contribution is 0.174. The van der Waals surface area contributed by atoms with Crippen LogP contribution in [-0.4, -0.2) is 11.7 Å². The van der Waals surface area contributed by atoms with E-state index in [1.807, 2.05) is 56.3 Å². The summed E-state index contributed by atoms with van der Waals surface area (Å²) in [5.41, 5.74) is 4.24. The van der Waals surface area contributed by atoms with Crippen molar-refractivity contribution in [2.24, 2.45) is 0 Å². The van der Waals surface area contributed by atoms with E-state index in [1.165, 1.54) is 6.07 Å². The standard InChI is InChI=1S/C20H21NO3/c1-13-8-17-16(10-20(23)24-19(17)9-14(13)2)11-21-12-18(22)15-6-4-3-5-7-15/h3-10,18,21-22H,11-12H2,1-2H3/t18-/m1/s1. The lowest BCUT2D eigenvalue weighted by Crippen LogP contribution is -2.21. The fourth-order valence-electron chi connectivity index (χ4n) is 2.77. The van der Waals surface area contributed by atoms with Crippen molar-refractivity contribution in [1.29, 1.82) is 0 Å². The van der Waals surface area contributed by atoms with Gasteiger partial charge in [0.1, 0.15) is 5.58 Å². The van der Waals surface area contributed by atoms with E-state index in [0.29, 0.717) is 18.7 Å². The number of fused-ring (bicyclic) bond motifs is 1. The topological polar surface area (TPSA) is 62.5 Å². The maximum Gasteiger partial charge on any atom is 0.336 e. The molecule has 0 fully saturated rings. The molecule has 4 heteroatoms. The molecule has 24 heavy (non-hydrogen) atoms. The Bertz CT molecular complexity index is 900. The first-order chi connectivity index (χ1) is 11.5. The van der Waals surface area contributed by atoms with Crippen LogP contribution in [0.3, 0.4) is 0 Å². The van der Waals surface area contributed by atoms with Crippen LogP contribution >= 0.6 is 0 Å². The molecule has 124 valence electrons. The summed E-state index contributed by atoms with van der Waals surface area (Å²) in [7, 11) is 0. The highest BCUT2D eigenvalue weighted by atomic mass is 16.4. The smallest absolute Gasteiger partial charge is 0.336 e. The molecule has 1 heterocycles. The van der Waals surface area contributed by atoms with Crippen LogP contribution in [0, 0.1) is 13.8 Å². The van der Waals surface area contributed by atoms with Crippen LogP contribution in [-0.2, 0) is 6.54 Å². The number of benzene rings is 2. The van der Waals surface area contributed by atoms with Crippen LogP contribution in [0.5, 0.6) is 0 Å². The first-order valence-corrected chi connectivity index (χ1v) is 8.02. The molecule has 2 N–H and O–H groups in total. The average molecular weight is 323 g/mol. The molecule has 0 unspecified atom stereocenters. The van der Waals surface area contributed by atoms with Crippen molar-refractivity contribution in [2.75, 3.05) is 6.54 Å². The third-order valence-corrected chi connectivity index (χ3v) is 4.28. The molecular weight excluding hydrogens is 302 g/mol. The highest BCUT2D eigenvalue weighted by molar-refractivity contribution is 5.81. The van der Waals surface area contributed by atoms with Crippen LogP contribution < -0.4 is 10.9 Å². The van der Waals surface area contributed by atoms with Crippen molar-refractivity contribution in [3.8, 4) is 0 Å². The van der Waals surface area contributed by atoms with Gasteiger partial charge in [-0.2, -0.15) is 0 Å². The first kappa shape index (κ1) is 16.4. The minimum absolute atomic E-state index is 0.355. The fraction of sp³-hybridized carbons (Fsp3) is 0.250. The van der Waals surface area contributed by atoms with Crippen molar-refractivity contribution in [3.05, 3.63) is 81.2 Å². The summed E-state index contributed by atoms with van der Waals surface area (Å²) in [4.78, 5) is 11.8. The molecular formula is C20H21NO3. The van der Waals surface area contributed by atoms with Gasteiger partial charge in [0.15, 0.2) is 0 Å². The zero-order valence-corrected chi connectivity index (χ0v) is 13.9. The lowest BCUT2D eigenvalue weighted by Gasteiger charge is -2.13. The molecule has 0 saturated heterocycles. The second-order valence-corrected chi connectivity index (χ2v) is 6.08. The Morgan fingerprint density at radius 3 is 2.54 bits per heavy atom. The van der Waals surface area contributed by atoms with Crippen molar-refractivity contribution in [1.82, 2.24) is 5.32 Å². The van der Waals surface area contributed by atoms with Gasteiger partial charge in [-0.05, 0) is 48.2 Å². The van der Waals surface area contributed by atoms with E-state index in [2.05, 4.69) is 5.32 Å². The molecule has 0 amide bonds. The van der Waals surface area contributed by atoms with Gasteiger partial charge in [0.2, 0.25) is 0 Å². The monoisotopic (exact) mass is 323 g/mol. The molecule has 1 aromatic heterocycles. The first-order valence-electron chi connectivity index (χ1n) is 8.02. The quantitative estimate of drug-likeness (QED) is 0.708. The summed E-state index contributed by atoms with van der Waals surface area (Å²) >= 11 is 0. The Kier molecular flexibility index (Phi) is 4.79. The number of hydrogen-bond acceptors (Lipinski definition) is 4. The minimum atomic E-state index is -0.582. The normalized spacial score (nSPS) is 12.5. The number of rotatable bonds is 5. The molecule has 0 bridgehead atoms. The molecule has 3 rings (SSSR count). The molecule has 0 aliphatic carbocycles. The van der Waals surface area contributed by atoms with Gasteiger partial charge in [-0.3, -0.25) is 0 Å². The molecule has 0 aliphatic rings. The van der Waals surface area contributed by atoms with E-state index in [4.69, 9.17) is 4.42 Å². The van der Waals surface area contributed by atoms with Gasteiger partial charge < -0.3 is 14.8 Å². The van der Waals surface area contributed by atoms with Crippen molar-refractivity contribution in [3.63, 3.8) is 0 Å². The predicted molar refractivity (Wildman–Crippen MR) is 95.1 cm³/mol. The Hall–Kier alpha value is -2.43. The van der Waals surface area contributed by atoms with E-state index in [-0.39, 0.29) is 5.63 Å². The van der Waals surface area contributed by atoms with Gasteiger partial charge in [-0.15, -0.1) is 0 Å². The Morgan fingerprint density at radius 2 is 1.79 bits per heavy atom. The Labute approximate surface area is 140 Å². The SMILES string of the molecule is Cc1cc2oc(=O)cc(CNC[C@@H](O)c3ccccc3)c2cc1C. The molecule has 2 aromatic carbocycles. The van der Waals surface area contributed by atoms with E-state index >= 15 is 0 Å². The Morgan fingerprint density at radius 1 is 1.08 bits per heavy atom. The number of nitrogens with one attached hydrogen (secondary N) is 1. The van der Waals surface area contributed by atoms with E-state index < -0.39 is 6.10 Å². The Balaban J connectivity index is 1.78. The van der Waals surface area contributed by atoms with Crippen LogP contribution in [0.25, 0.3) is 11.0 Å². The number of aliphatic hydroxyl groups is 1. The summed E-state index contributed by atoms with van der Waals surface area (Å²) < 4.78 is 5.30.